The molecule has 1 nitrogen and oxygen atoms in total. The van der Waals surface area contributed by atoms with Crippen molar-refractivity contribution >= 4 is 24.9 Å². The summed E-state index contributed by atoms with van der Waals surface area (Å²) in [6.45, 7) is 15.9. The van der Waals surface area contributed by atoms with Crippen LogP contribution in [0, 0.1) is 48.5 Å². The van der Waals surface area contributed by atoms with Crippen molar-refractivity contribution in [3.8, 4) is 11.1 Å². The van der Waals surface area contributed by atoms with Gasteiger partial charge in [0.1, 0.15) is 8.80 Å². The van der Waals surface area contributed by atoms with E-state index in [4.69, 9.17) is 0 Å². The van der Waals surface area contributed by atoms with Crippen LogP contribution < -0.4 is 52.5 Å². The van der Waals surface area contributed by atoms with Crippen LogP contribution >= 0.6 is 0 Å². The first-order valence-corrected chi connectivity index (χ1v) is 14.3. The summed E-state index contributed by atoms with van der Waals surface area (Å²) in [4.78, 5) is 2.20. The molecule has 0 saturated heterocycles. The molecular formula is C33H39Cl3NSiTi. The Labute approximate surface area is 271 Å². The zero-order valence-corrected chi connectivity index (χ0v) is 29.4. The molecule has 0 aromatic heterocycles. The van der Waals surface area contributed by atoms with Gasteiger partial charge in [0.05, 0.1) is 0 Å². The van der Waals surface area contributed by atoms with Gasteiger partial charge in [-0.05, 0) is 33.8 Å². The summed E-state index contributed by atoms with van der Waals surface area (Å²) >= 11 is 0. The summed E-state index contributed by atoms with van der Waals surface area (Å²) in [5.74, 6) is 0. The van der Waals surface area contributed by atoms with Crippen LogP contribution in [0.4, 0.5) is 5.69 Å². The molecule has 0 heterocycles. The van der Waals surface area contributed by atoms with Gasteiger partial charge >= 0.3 is 21.7 Å². The van der Waals surface area contributed by atoms with Gasteiger partial charge in [-0.3, -0.25) is 0 Å². The Kier molecular flexibility index (Phi) is 15.0. The summed E-state index contributed by atoms with van der Waals surface area (Å²) in [5, 5.41) is 3.03. The second-order valence-corrected chi connectivity index (χ2v) is 13.0. The molecule has 0 aliphatic carbocycles. The number of halogens is 3. The van der Waals surface area contributed by atoms with Crippen LogP contribution in [0.1, 0.15) is 44.5 Å². The third kappa shape index (κ3) is 8.32. The minimum absolute atomic E-state index is 0. The number of anilines is 1. The van der Waals surface area contributed by atoms with E-state index in [1.54, 1.807) is 0 Å². The minimum Gasteiger partial charge on any atom is -1.00 e. The fourth-order valence-corrected chi connectivity index (χ4v) is 8.65. The SMILES string of the molecule is Cc1cc(C)cc([Si](C[c-]2c(C)c(C)c(C)c2-c2cccc(N(C)C)c2)c2cc(C)cc(C)c2)c1.[Cl-].[Cl-].[Cl-].[Ti+4]. The van der Waals surface area contributed by atoms with E-state index in [0.717, 1.165) is 6.04 Å². The van der Waals surface area contributed by atoms with E-state index in [-0.39, 0.29) is 58.9 Å². The Morgan fingerprint density at radius 1 is 0.641 bits per heavy atom. The van der Waals surface area contributed by atoms with Crippen molar-refractivity contribution in [1.82, 2.24) is 0 Å². The molecule has 0 N–H and O–H groups in total. The molecule has 39 heavy (non-hydrogen) atoms. The number of hydrogen-bond acceptors (Lipinski definition) is 1. The molecular weight excluding hydrogens is 593 g/mol. The van der Waals surface area contributed by atoms with Gasteiger partial charge in [0.15, 0.2) is 0 Å². The summed E-state index contributed by atoms with van der Waals surface area (Å²) in [6, 6.07) is 24.5. The molecule has 0 unspecified atom stereocenters. The predicted octanol–water partition coefficient (Wildman–Crippen LogP) is -2.30. The van der Waals surface area contributed by atoms with Gasteiger partial charge in [0.25, 0.3) is 0 Å². The Hall–Kier alpha value is -1.39. The van der Waals surface area contributed by atoms with Crippen molar-refractivity contribution in [2.24, 2.45) is 0 Å². The molecule has 4 aromatic carbocycles. The second kappa shape index (κ2) is 15.6. The van der Waals surface area contributed by atoms with E-state index in [1.807, 2.05) is 0 Å². The number of hydrogen-bond donors (Lipinski definition) is 0. The molecule has 0 saturated carbocycles. The molecule has 0 aliphatic rings. The zero-order chi connectivity index (χ0) is 25.4. The van der Waals surface area contributed by atoms with E-state index in [2.05, 4.69) is 128 Å². The van der Waals surface area contributed by atoms with E-state index >= 15 is 0 Å². The molecule has 0 fully saturated rings. The number of benzene rings is 3. The van der Waals surface area contributed by atoms with Gasteiger partial charge < -0.3 is 42.1 Å². The normalized spacial score (nSPS) is 10.2. The number of nitrogens with zero attached hydrogens (tertiary/aromatic N) is 1. The Morgan fingerprint density at radius 2 is 1.10 bits per heavy atom. The molecule has 205 valence electrons. The van der Waals surface area contributed by atoms with Gasteiger partial charge in [-0.25, -0.2) is 0 Å². The number of aryl methyl sites for hydroxylation is 4. The summed E-state index contributed by atoms with van der Waals surface area (Å²) in [5.41, 5.74) is 15.3. The molecule has 0 amide bonds. The third-order valence-corrected chi connectivity index (χ3v) is 10.1. The molecule has 0 aliphatic heterocycles. The van der Waals surface area contributed by atoms with Gasteiger partial charge in [0.2, 0.25) is 0 Å². The van der Waals surface area contributed by atoms with Crippen molar-refractivity contribution in [1.29, 1.82) is 0 Å². The molecule has 4 rings (SSSR count). The van der Waals surface area contributed by atoms with Crippen LogP contribution in [0.15, 0.2) is 60.7 Å². The zero-order valence-electron chi connectivity index (χ0n) is 24.6. The summed E-state index contributed by atoms with van der Waals surface area (Å²) in [7, 11) is 3.21. The number of rotatable bonds is 6. The standard InChI is InChI=1S/C33H39NSi.3ClH.Ti/c1-21-13-22(2)16-30(15-21)35(31-17-23(3)14-24(4)18-31)20-32-26(6)25(5)27(7)33(32)28-11-10-12-29(19-28)34(8)9;;;;/h10-19H,20H2,1-9H3;3*1H;/q-1;;;;+4/p-3. The first-order valence-electron chi connectivity index (χ1n) is 12.6. The average Bonchev–Trinajstić information content (AvgIpc) is 2.99. The van der Waals surface area contributed by atoms with Gasteiger partial charge in [-0.2, -0.15) is 11.1 Å². The van der Waals surface area contributed by atoms with Crippen LogP contribution in [0.2, 0.25) is 0 Å². The first-order chi connectivity index (χ1) is 16.5. The minimum atomic E-state index is -1.03. The summed E-state index contributed by atoms with van der Waals surface area (Å²) in [6.07, 6.45) is 0. The fraction of sp³-hybridized carbons (Fsp3) is 0.303. The van der Waals surface area contributed by atoms with Gasteiger partial charge in [-0.15, -0.1) is 16.7 Å². The molecule has 1 radical (unpaired) electrons. The Morgan fingerprint density at radius 3 is 1.54 bits per heavy atom. The van der Waals surface area contributed by atoms with Crippen molar-refractivity contribution in [2.75, 3.05) is 19.0 Å². The van der Waals surface area contributed by atoms with Crippen LogP contribution in [0.25, 0.3) is 11.1 Å². The van der Waals surface area contributed by atoms with Crippen LogP contribution in [-0.4, -0.2) is 22.9 Å². The summed E-state index contributed by atoms with van der Waals surface area (Å²) < 4.78 is 0. The quantitative estimate of drug-likeness (QED) is 0.171. The maximum absolute atomic E-state index is 2.43. The first kappa shape index (κ1) is 37.6. The smallest absolute Gasteiger partial charge is 1.00 e. The Bertz CT molecular complexity index is 1300. The van der Waals surface area contributed by atoms with Crippen molar-refractivity contribution in [2.45, 2.75) is 54.5 Å². The van der Waals surface area contributed by atoms with Gasteiger partial charge in [-0.1, -0.05) is 120 Å². The molecule has 6 heteroatoms. The fourth-order valence-electron chi connectivity index (χ4n) is 5.51. The topological polar surface area (TPSA) is 3.24 Å². The third-order valence-electron chi connectivity index (χ3n) is 7.40. The van der Waals surface area contributed by atoms with Crippen LogP contribution in [-0.2, 0) is 27.8 Å². The molecule has 0 bridgehead atoms. The van der Waals surface area contributed by atoms with Crippen LogP contribution in [0.3, 0.4) is 0 Å². The van der Waals surface area contributed by atoms with Crippen LogP contribution in [0.5, 0.6) is 0 Å². The average molecular weight is 632 g/mol. The maximum Gasteiger partial charge on any atom is 4.00 e. The van der Waals surface area contributed by atoms with E-state index in [0.29, 0.717) is 0 Å². The maximum atomic E-state index is 2.43. The van der Waals surface area contributed by atoms with E-state index < -0.39 is 8.80 Å². The van der Waals surface area contributed by atoms with Crippen molar-refractivity contribution in [3.05, 3.63) is 105 Å². The predicted molar refractivity (Wildman–Crippen MR) is 157 cm³/mol. The van der Waals surface area contributed by atoms with Crippen molar-refractivity contribution < 1.29 is 58.9 Å². The Balaban J connectivity index is 0.00000361. The van der Waals surface area contributed by atoms with E-state index in [1.165, 1.54) is 71.7 Å². The molecule has 0 spiro atoms. The molecule has 4 aromatic rings. The largest absolute Gasteiger partial charge is 4.00 e. The monoisotopic (exact) mass is 630 g/mol. The molecule has 0 atom stereocenters. The van der Waals surface area contributed by atoms with Gasteiger partial charge in [0, 0.05) is 19.8 Å². The second-order valence-electron chi connectivity index (χ2n) is 10.6. The van der Waals surface area contributed by atoms with E-state index in [9.17, 15) is 0 Å². The van der Waals surface area contributed by atoms with Crippen molar-refractivity contribution in [3.63, 3.8) is 0 Å².